The number of thiophene rings is 1. The molecule has 2 heterocycles. The molecule has 5 nitrogen and oxygen atoms in total. The summed E-state index contributed by atoms with van der Waals surface area (Å²) in [4.78, 5) is 27.2. The predicted octanol–water partition coefficient (Wildman–Crippen LogP) is 2.94. The molecular weight excluding hydrogens is 334 g/mol. The Kier molecular flexibility index (Phi) is 5.09. The van der Waals surface area contributed by atoms with Crippen LogP contribution in [0.4, 0.5) is 0 Å². The van der Waals surface area contributed by atoms with E-state index in [-0.39, 0.29) is 18.0 Å². The first kappa shape index (κ1) is 17.1. The number of hydrogen-bond acceptors (Lipinski definition) is 4. The first-order valence-corrected chi connectivity index (χ1v) is 8.82. The zero-order chi connectivity index (χ0) is 17.8. The van der Waals surface area contributed by atoms with Gasteiger partial charge in [0.15, 0.2) is 0 Å². The van der Waals surface area contributed by atoms with E-state index in [1.807, 2.05) is 48.7 Å². The minimum absolute atomic E-state index is 0.0690. The molecule has 2 aromatic heterocycles. The molecule has 0 bridgehead atoms. The van der Waals surface area contributed by atoms with Crippen LogP contribution < -0.4 is 5.56 Å². The van der Waals surface area contributed by atoms with Crippen LogP contribution in [-0.4, -0.2) is 27.6 Å². The van der Waals surface area contributed by atoms with Gasteiger partial charge in [0.1, 0.15) is 6.54 Å². The topological polar surface area (TPSA) is 55.2 Å². The van der Waals surface area contributed by atoms with Gasteiger partial charge in [0.25, 0.3) is 5.56 Å². The fraction of sp³-hybridized carbons (Fsp3) is 0.211. The van der Waals surface area contributed by atoms with Crippen LogP contribution in [0, 0.1) is 6.92 Å². The maximum absolute atomic E-state index is 12.4. The SMILES string of the molecule is Cc1ccc(-c2ccc(=O)n(CC(=O)N(C)Cc3cccs3)n2)cc1. The molecule has 0 N–H and O–H groups in total. The first-order valence-electron chi connectivity index (χ1n) is 7.94. The molecule has 0 aliphatic rings. The monoisotopic (exact) mass is 353 g/mol. The van der Waals surface area contributed by atoms with E-state index in [9.17, 15) is 9.59 Å². The van der Waals surface area contributed by atoms with Gasteiger partial charge in [-0.1, -0.05) is 35.9 Å². The molecule has 0 unspecified atom stereocenters. The number of aryl methyl sites for hydroxylation is 1. The predicted molar refractivity (Wildman–Crippen MR) is 99.5 cm³/mol. The van der Waals surface area contributed by atoms with E-state index in [2.05, 4.69) is 5.10 Å². The van der Waals surface area contributed by atoms with Gasteiger partial charge in [0.2, 0.25) is 5.91 Å². The Bertz CT molecular complexity index is 915. The molecule has 0 atom stereocenters. The van der Waals surface area contributed by atoms with Gasteiger partial charge in [-0.15, -0.1) is 11.3 Å². The van der Waals surface area contributed by atoms with Crippen molar-refractivity contribution in [1.29, 1.82) is 0 Å². The van der Waals surface area contributed by atoms with Gasteiger partial charge in [0.05, 0.1) is 12.2 Å². The van der Waals surface area contributed by atoms with Crippen molar-refractivity contribution in [3.05, 3.63) is 74.7 Å². The minimum atomic E-state index is -0.284. The summed E-state index contributed by atoms with van der Waals surface area (Å²) in [6.07, 6.45) is 0. The van der Waals surface area contributed by atoms with E-state index < -0.39 is 0 Å². The molecular formula is C19H19N3O2S. The van der Waals surface area contributed by atoms with Crippen molar-refractivity contribution in [2.75, 3.05) is 7.05 Å². The van der Waals surface area contributed by atoms with Gasteiger partial charge < -0.3 is 4.90 Å². The van der Waals surface area contributed by atoms with Crippen LogP contribution in [0.5, 0.6) is 0 Å². The summed E-state index contributed by atoms with van der Waals surface area (Å²) in [6.45, 7) is 2.48. The summed E-state index contributed by atoms with van der Waals surface area (Å²) in [6, 6.07) is 15.0. The number of rotatable bonds is 5. The van der Waals surface area contributed by atoms with Crippen LogP contribution in [0.15, 0.2) is 58.7 Å². The number of hydrogen-bond donors (Lipinski definition) is 0. The second-order valence-corrected chi connectivity index (χ2v) is 6.94. The van der Waals surface area contributed by atoms with Crippen LogP contribution in [0.3, 0.4) is 0 Å². The molecule has 0 aliphatic carbocycles. The Morgan fingerprint density at radius 3 is 2.60 bits per heavy atom. The van der Waals surface area contributed by atoms with Gasteiger partial charge in [0, 0.05) is 23.6 Å². The Morgan fingerprint density at radius 1 is 1.16 bits per heavy atom. The maximum atomic E-state index is 12.4. The lowest BCUT2D eigenvalue weighted by molar-refractivity contribution is -0.131. The van der Waals surface area contributed by atoms with Gasteiger partial charge in [-0.25, -0.2) is 4.68 Å². The molecule has 0 radical (unpaired) electrons. The third-order valence-corrected chi connectivity index (χ3v) is 4.76. The lowest BCUT2D eigenvalue weighted by Crippen LogP contribution is -2.34. The van der Waals surface area contributed by atoms with E-state index in [1.165, 1.54) is 10.7 Å². The number of likely N-dealkylation sites (N-methyl/N-ethyl adjacent to an activating group) is 1. The first-order chi connectivity index (χ1) is 12.0. The number of carbonyl (C=O) groups is 1. The molecule has 128 valence electrons. The fourth-order valence-electron chi connectivity index (χ4n) is 2.41. The molecule has 6 heteroatoms. The highest BCUT2D eigenvalue weighted by Gasteiger charge is 2.13. The Morgan fingerprint density at radius 2 is 1.92 bits per heavy atom. The molecule has 3 rings (SSSR count). The average Bonchev–Trinajstić information content (AvgIpc) is 3.10. The summed E-state index contributed by atoms with van der Waals surface area (Å²) in [5, 5.41) is 6.33. The molecule has 1 aromatic carbocycles. The summed E-state index contributed by atoms with van der Waals surface area (Å²) < 4.78 is 1.22. The van der Waals surface area contributed by atoms with Crippen molar-refractivity contribution in [1.82, 2.24) is 14.7 Å². The number of benzene rings is 1. The van der Waals surface area contributed by atoms with Gasteiger partial charge >= 0.3 is 0 Å². The molecule has 1 amide bonds. The van der Waals surface area contributed by atoms with Crippen LogP contribution in [0.25, 0.3) is 11.3 Å². The quantitative estimate of drug-likeness (QED) is 0.709. The number of nitrogens with zero attached hydrogens (tertiary/aromatic N) is 3. The number of carbonyl (C=O) groups excluding carboxylic acids is 1. The summed E-state index contributed by atoms with van der Waals surface area (Å²) in [5.41, 5.74) is 2.46. The highest BCUT2D eigenvalue weighted by Crippen LogP contribution is 2.16. The lowest BCUT2D eigenvalue weighted by Gasteiger charge is -2.16. The van der Waals surface area contributed by atoms with Crippen LogP contribution in [-0.2, 0) is 17.9 Å². The largest absolute Gasteiger partial charge is 0.339 e. The Balaban J connectivity index is 1.77. The van der Waals surface area contributed by atoms with Crippen molar-refractivity contribution in [3.63, 3.8) is 0 Å². The molecule has 0 saturated carbocycles. The molecule has 0 saturated heterocycles. The highest BCUT2D eigenvalue weighted by molar-refractivity contribution is 7.09. The van der Waals surface area contributed by atoms with Gasteiger partial charge in [-0.3, -0.25) is 9.59 Å². The smallest absolute Gasteiger partial charge is 0.267 e. The molecule has 25 heavy (non-hydrogen) atoms. The van der Waals surface area contributed by atoms with Gasteiger partial charge in [-0.05, 0) is 24.4 Å². The summed E-state index contributed by atoms with van der Waals surface area (Å²) in [5.74, 6) is -0.149. The zero-order valence-electron chi connectivity index (χ0n) is 14.2. The van der Waals surface area contributed by atoms with Crippen molar-refractivity contribution < 1.29 is 4.79 Å². The third kappa shape index (κ3) is 4.22. The second kappa shape index (κ2) is 7.44. The summed E-state index contributed by atoms with van der Waals surface area (Å²) >= 11 is 1.60. The third-order valence-electron chi connectivity index (χ3n) is 3.90. The van der Waals surface area contributed by atoms with Crippen molar-refractivity contribution in [2.24, 2.45) is 0 Å². The molecule has 0 aliphatic heterocycles. The van der Waals surface area contributed by atoms with E-state index in [0.717, 1.165) is 16.0 Å². The van der Waals surface area contributed by atoms with E-state index in [4.69, 9.17) is 0 Å². The Hall–Kier alpha value is -2.73. The lowest BCUT2D eigenvalue weighted by atomic mass is 10.1. The van der Waals surface area contributed by atoms with Crippen LogP contribution in [0.2, 0.25) is 0 Å². The molecule has 0 spiro atoms. The van der Waals surface area contributed by atoms with Crippen molar-refractivity contribution >= 4 is 17.2 Å². The average molecular weight is 353 g/mol. The van der Waals surface area contributed by atoms with E-state index in [1.54, 1.807) is 29.4 Å². The normalized spacial score (nSPS) is 10.6. The van der Waals surface area contributed by atoms with E-state index >= 15 is 0 Å². The van der Waals surface area contributed by atoms with Gasteiger partial charge in [-0.2, -0.15) is 5.10 Å². The van der Waals surface area contributed by atoms with Crippen molar-refractivity contribution in [3.8, 4) is 11.3 Å². The van der Waals surface area contributed by atoms with Crippen LogP contribution >= 0.6 is 11.3 Å². The number of amides is 1. The summed E-state index contributed by atoms with van der Waals surface area (Å²) in [7, 11) is 1.73. The van der Waals surface area contributed by atoms with Crippen molar-refractivity contribution in [2.45, 2.75) is 20.0 Å². The second-order valence-electron chi connectivity index (χ2n) is 5.91. The van der Waals surface area contributed by atoms with E-state index in [0.29, 0.717) is 12.2 Å². The molecule has 0 fully saturated rings. The Labute approximate surface area is 150 Å². The number of aromatic nitrogens is 2. The fourth-order valence-corrected chi connectivity index (χ4v) is 3.17. The highest BCUT2D eigenvalue weighted by atomic mass is 32.1. The minimum Gasteiger partial charge on any atom is -0.339 e. The van der Waals surface area contributed by atoms with Crippen LogP contribution in [0.1, 0.15) is 10.4 Å². The standard InChI is InChI=1S/C19H19N3O2S/c1-14-5-7-15(8-6-14)17-9-10-18(23)22(20-17)13-19(24)21(2)12-16-4-3-11-25-16/h3-11H,12-13H2,1-2H3. The molecule has 3 aromatic rings. The zero-order valence-corrected chi connectivity index (χ0v) is 15.0. The maximum Gasteiger partial charge on any atom is 0.267 e.